The molecule has 1 heterocycles. The summed E-state index contributed by atoms with van der Waals surface area (Å²) in [5.41, 5.74) is 10.9. The van der Waals surface area contributed by atoms with Gasteiger partial charge in [0, 0.05) is 33.5 Å². The number of para-hydroxylation sites is 3. The van der Waals surface area contributed by atoms with E-state index < -0.39 is 0 Å². The molecule has 0 fully saturated rings. The lowest BCUT2D eigenvalue weighted by molar-refractivity contribution is 0.591. The topological polar surface area (TPSA) is 8.17 Å². The maximum absolute atomic E-state index is 2.39. The Morgan fingerprint density at radius 3 is 1.50 bits per heavy atom. The van der Waals surface area contributed by atoms with Gasteiger partial charge in [0.2, 0.25) is 0 Å². The molecule has 0 spiro atoms. The van der Waals surface area contributed by atoms with E-state index in [2.05, 4.69) is 182 Å². The average molecular weight is 543 g/mol. The van der Waals surface area contributed by atoms with Gasteiger partial charge in [0.25, 0.3) is 0 Å². The molecule has 0 bridgehead atoms. The molecule has 42 heavy (non-hydrogen) atoms. The molecule has 7 rings (SSSR count). The van der Waals surface area contributed by atoms with Crippen LogP contribution in [0, 0.1) is 0 Å². The molecule has 6 aromatic carbocycles. The second kappa shape index (κ2) is 10.4. The second-order valence-electron chi connectivity index (χ2n) is 11.9. The van der Waals surface area contributed by atoms with Crippen LogP contribution < -0.4 is 4.90 Å². The number of fused-ring (bicyclic) bond motifs is 3. The lowest BCUT2D eigenvalue weighted by Gasteiger charge is -2.25. The van der Waals surface area contributed by atoms with Gasteiger partial charge in [0.15, 0.2) is 0 Å². The Labute approximate surface area is 248 Å². The molecule has 0 radical (unpaired) electrons. The first-order chi connectivity index (χ1) is 20.5. The summed E-state index contributed by atoms with van der Waals surface area (Å²) in [6.45, 7) is 6.85. The van der Waals surface area contributed by atoms with E-state index in [4.69, 9.17) is 0 Å². The predicted molar refractivity (Wildman–Crippen MR) is 180 cm³/mol. The van der Waals surface area contributed by atoms with Crippen molar-refractivity contribution in [3.8, 4) is 16.8 Å². The van der Waals surface area contributed by atoms with Gasteiger partial charge in [0.05, 0.1) is 11.0 Å². The molecular formula is C40H34N2. The van der Waals surface area contributed by atoms with Crippen molar-refractivity contribution >= 4 is 38.9 Å². The Kier molecular flexibility index (Phi) is 6.40. The fourth-order valence-corrected chi connectivity index (χ4v) is 5.93. The van der Waals surface area contributed by atoms with E-state index in [1.807, 2.05) is 0 Å². The molecule has 2 heteroatoms. The first kappa shape index (κ1) is 25.9. The summed E-state index contributed by atoms with van der Waals surface area (Å²) < 4.78 is 2.39. The molecule has 2 nitrogen and oxygen atoms in total. The molecule has 0 saturated carbocycles. The molecule has 204 valence electrons. The van der Waals surface area contributed by atoms with Crippen LogP contribution in [0.15, 0.2) is 152 Å². The molecule has 0 N–H and O–H groups in total. The van der Waals surface area contributed by atoms with Crippen molar-refractivity contribution < 1.29 is 0 Å². The van der Waals surface area contributed by atoms with Crippen LogP contribution in [-0.2, 0) is 5.41 Å². The Bertz CT molecular complexity index is 1940. The number of nitrogens with zero attached hydrogens (tertiary/aromatic N) is 2. The first-order valence-electron chi connectivity index (χ1n) is 14.6. The normalized spacial score (nSPS) is 11.7. The summed E-state index contributed by atoms with van der Waals surface area (Å²) in [5.74, 6) is 0. The summed E-state index contributed by atoms with van der Waals surface area (Å²) in [6.07, 6.45) is 0. The average Bonchev–Trinajstić information content (AvgIpc) is 3.36. The van der Waals surface area contributed by atoms with Gasteiger partial charge in [0.1, 0.15) is 0 Å². The van der Waals surface area contributed by atoms with Gasteiger partial charge in [-0.1, -0.05) is 99.6 Å². The molecule has 0 atom stereocenters. The zero-order valence-electron chi connectivity index (χ0n) is 24.3. The molecular weight excluding hydrogens is 508 g/mol. The Balaban J connectivity index is 1.35. The monoisotopic (exact) mass is 542 g/mol. The zero-order chi connectivity index (χ0) is 28.7. The summed E-state index contributed by atoms with van der Waals surface area (Å²) in [5, 5.41) is 2.57. The smallest absolute Gasteiger partial charge is 0.0541 e. The number of aromatic nitrogens is 1. The number of hydrogen-bond donors (Lipinski definition) is 0. The number of rotatable bonds is 5. The van der Waals surface area contributed by atoms with Crippen LogP contribution in [0.1, 0.15) is 26.3 Å². The van der Waals surface area contributed by atoms with E-state index in [1.54, 1.807) is 0 Å². The Morgan fingerprint density at radius 2 is 0.929 bits per heavy atom. The summed E-state index contributed by atoms with van der Waals surface area (Å²) >= 11 is 0. The molecule has 0 aliphatic heterocycles. The maximum atomic E-state index is 2.39. The van der Waals surface area contributed by atoms with Crippen LogP contribution in [0.25, 0.3) is 38.6 Å². The van der Waals surface area contributed by atoms with Crippen molar-refractivity contribution in [2.45, 2.75) is 26.2 Å². The van der Waals surface area contributed by atoms with Crippen molar-refractivity contribution in [3.63, 3.8) is 0 Å². The third-order valence-corrected chi connectivity index (χ3v) is 8.13. The third kappa shape index (κ3) is 4.65. The van der Waals surface area contributed by atoms with Gasteiger partial charge >= 0.3 is 0 Å². The number of hydrogen-bond acceptors (Lipinski definition) is 1. The van der Waals surface area contributed by atoms with Crippen molar-refractivity contribution in [1.29, 1.82) is 0 Å². The van der Waals surface area contributed by atoms with E-state index in [0.29, 0.717) is 0 Å². The van der Waals surface area contributed by atoms with Crippen LogP contribution >= 0.6 is 0 Å². The van der Waals surface area contributed by atoms with Crippen molar-refractivity contribution in [3.05, 3.63) is 157 Å². The predicted octanol–water partition coefficient (Wildman–Crippen LogP) is 11.2. The minimum atomic E-state index is 0.0756. The molecule has 0 aliphatic carbocycles. The lowest BCUT2D eigenvalue weighted by atomic mass is 9.86. The molecule has 7 aromatic rings. The molecule has 0 saturated heterocycles. The third-order valence-electron chi connectivity index (χ3n) is 8.13. The highest BCUT2D eigenvalue weighted by Gasteiger charge is 2.19. The van der Waals surface area contributed by atoms with E-state index in [1.165, 1.54) is 44.2 Å². The van der Waals surface area contributed by atoms with Crippen molar-refractivity contribution in [2.75, 3.05) is 4.90 Å². The minimum absolute atomic E-state index is 0.0756. The minimum Gasteiger partial charge on any atom is -0.311 e. The van der Waals surface area contributed by atoms with Gasteiger partial charge < -0.3 is 9.47 Å². The first-order valence-corrected chi connectivity index (χ1v) is 14.6. The number of benzene rings is 6. The molecule has 0 amide bonds. The Morgan fingerprint density at radius 1 is 0.452 bits per heavy atom. The summed E-state index contributed by atoms with van der Waals surface area (Å²) in [4.78, 5) is 2.30. The van der Waals surface area contributed by atoms with Gasteiger partial charge in [-0.25, -0.2) is 0 Å². The largest absolute Gasteiger partial charge is 0.311 e. The molecule has 0 unspecified atom stereocenters. The van der Waals surface area contributed by atoms with Crippen LogP contribution in [0.5, 0.6) is 0 Å². The zero-order valence-corrected chi connectivity index (χ0v) is 24.3. The Hall–Kier alpha value is -5.08. The van der Waals surface area contributed by atoms with Gasteiger partial charge in [-0.2, -0.15) is 0 Å². The highest BCUT2D eigenvalue weighted by molar-refractivity contribution is 6.10. The summed E-state index contributed by atoms with van der Waals surface area (Å²) in [7, 11) is 0. The van der Waals surface area contributed by atoms with Crippen LogP contribution in [-0.4, -0.2) is 4.57 Å². The van der Waals surface area contributed by atoms with E-state index in [0.717, 1.165) is 17.1 Å². The maximum Gasteiger partial charge on any atom is 0.0541 e. The van der Waals surface area contributed by atoms with Gasteiger partial charge in [-0.15, -0.1) is 0 Å². The highest BCUT2D eigenvalue weighted by atomic mass is 15.1. The second-order valence-corrected chi connectivity index (χ2v) is 11.9. The van der Waals surface area contributed by atoms with Gasteiger partial charge in [-0.3, -0.25) is 0 Å². The molecule has 0 aliphatic rings. The lowest BCUT2D eigenvalue weighted by Crippen LogP contribution is -2.10. The van der Waals surface area contributed by atoms with E-state index >= 15 is 0 Å². The van der Waals surface area contributed by atoms with Crippen LogP contribution in [0.4, 0.5) is 17.1 Å². The van der Waals surface area contributed by atoms with Crippen molar-refractivity contribution in [2.24, 2.45) is 0 Å². The van der Waals surface area contributed by atoms with E-state index in [9.17, 15) is 0 Å². The number of anilines is 3. The quantitative estimate of drug-likeness (QED) is 0.210. The summed E-state index contributed by atoms with van der Waals surface area (Å²) in [6, 6.07) is 54.6. The fourth-order valence-electron chi connectivity index (χ4n) is 5.93. The fraction of sp³-hybridized carbons (Fsp3) is 0.100. The molecule has 1 aromatic heterocycles. The highest BCUT2D eigenvalue weighted by Crippen LogP contribution is 2.39. The van der Waals surface area contributed by atoms with E-state index in [-0.39, 0.29) is 5.41 Å². The van der Waals surface area contributed by atoms with Crippen LogP contribution in [0.3, 0.4) is 0 Å². The SMILES string of the molecule is CC(C)(C)c1ccc2c(c1)c1cc(-c3ccc(N(c4ccccc4)c4ccccc4)cc3)ccc1n2-c1ccccc1. The van der Waals surface area contributed by atoms with Crippen LogP contribution in [0.2, 0.25) is 0 Å². The standard InChI is InChI=1S/C40H34N2/c1-40(2,3)31-22-26-39-37(28-31)36-27-30(21-25-38(36)42(39)34-17-11-6-12-18-34)29-19-23-35(24-20-29)41(32-13-7-4-8-14-32)33-15-9-5-10-16-33/h4-28H,1-3H3. The van der Waals surface area contributed by atoms with Gasteiger partial charge in [-0.05, 0) is 94.9 Å². The van der Waals surface area contributed by atoms with Crippen molar-refractivity contribution in [1.82, 2.24) is 4.57 Å².